The summed E-state index contributed by atoms with van der Waals surface area (Å²) in [4.78, 5) is 3.58. The summed E-state index contributed by atoms with van der Waals surface area (Å²) in [5.74, 6) is 0. The van der Waals surface area contributed by atoms with E-state index >= 15 is 0 Å². The van der Waals surface area contributed by atoms with E-state index in [1.807, 2.05) is 12.1 Å². The van der Waals surface area contributed by atoms with E-state index < -0.39 is 0 Å². The molecule has 3 heterocycles. The lowest BCUT2D eigenvalue weighted by atomic mass is 10.3. The Labute approximate surface area is 113 Å². The molecular weight excluding hydrogens is 268 g/mol. The molecule has 6 heteroatoms. The highest BCUT2D eigenvalue weighted by Gasteiger charge is 2.22. The number of hydrogen-bond acceptors (Lipinski definition) is 6. The number of ether oxygens (including phenoxy) is 2. The Morgan fingerprint density at radius 2 is 1.78 bits per heavy atom. The fraction of sp³-hybridized carbons (Fsp3) is 0.333. The summed E-state index contributed by atoms with van der Waals surface area (Å²) < 4.78 is 11.1. The summed E-state index contributed by atoms with van der Waals surface area (Å²) >= 11 is 3.31. The van der Waals surface area contributed by atoms with Gasteiger partial charge >= 0.3 is 0 Å². The lowest BCUT2D eigenvalue weighted by Crippen LogP contribution is -2.37. The number of nitrogens with two attached hydrogens (primary N) is 2. The molecule has 0 radical (unpaired) electrons. The molecule has 0 spiro atoms. The van der Waals surface area contributed by atoms with Gasteiger partial charge in [-0.1, -0.05) is 0 Å². The number of hydrogen-bond donors (Lipinski definition) is 2. The van der Waals surface area contributed by atoms with Gasteiger partial charge in [0.1, 0.15) is 12.3 Å². The lowest BCUT2D eigenvalue weighted by molar-refractivity contribution is -0.131. The van der Waals surface area contributed by atoms with Crippen molar-refractivity contribution in [1.82, 2.24) is 0 Å². The summed E-state index contributed by atoms with van der Waals surface area (Å²) in [7, 11) is 0. The van der Waals surface area contributed by atoms with E-state index in [1.165, 1.54) is 14.6 Å². The van der Waals surface area contributed by atoms with E-state index in [-0.39, 0.29) is 12.3 Å². The van der Waals surface area contributed by atoms with Crippen molar-refractivity contribution >= 4 is 27.7 Å². The van der Waals surface area contributed by atoms with Crippen LogP contribution in [0.1, 0.15) is 11.0 Å². The van der Waals surface area contributed by atoms with Crippen LogP contribution in [-0.4, -0.2) is 19.4 Å². The first-order valence-corrected chi connectivity index (χ1v) is 7.30. The molecule has 4 nitrogen and oxygen atoms in total. The normalized spacial score (nSPS) is 24.3. The molecule has 1 aliphatic rings. The highest BCUT2D eigenvalue weighted by molar-refractivity contribution is 7.24. The molecule has 0 aliphatic carbocycles. The van der Waals surface area contributed by atoms with Gasteiger partial charge in [0.15, 0.2) is 0 Å². The SMILES string of the molecule is Nc1ccc(-c2ccc(C3COC(N)CO3)s2)s1. The quantitative estimate of drug-likeness (QED) is 0.887. The Kier molecular flexibility index (Phi) is 3.36. The highest BCUT2D eigenvalue weighted by Crippen LogP contribution is 2.37. The Balaban J connectivity index is 1.77. The number of nitrogen functional groups attached to an aromatic ring is 1. The molecular formula is C12H14N2O2S2. The molecule has 2 aromatic rings. The first-order chi connectivity index (χ1) is 8.72. The van der Waals surface area contributed by atoms with Gasteiger partial charge in [-0.3, -0.25) is 0 Å². The van der Waals surface area contributed by atoms with Crippen LogP contribution in [0.2, 0.25) is 0 Å². The van der Waals surface area contributed by atoms with Crippen LogP contribution >= 0.6 is 22.7 Å². The predicted molar refractivity (Wildman–Crippen MR) is 74.7 cm³/mol. The largest absolute Gasteiger partial charge is 0.391 e. The number of thiophene rings is 2. The van der Waals surface area contributed by atoms with Crippen LogP contribution in [0.15, 0.2) is 24.3 Å². The van der Waals surface area contributed by atoms with Crippen molar-refractivity contribution in [3.05, 3.63) is 29.1 Å². The molecule has 2 unspecified atom stereocenters. The van der Waals surface area contributed by atoms with Crippen LogP contribution in [0.4, 0.5) is 5.00 Å². The highest BCUT2D eigenvalue weighted by atomic mass is 32.1. The summed E-state index contributed by atoms with van der Waals surface area (Å²) in [5, 5.41) is 0.836. The third-order valence-corrected chi connectivity index (χ3v) is 5.02. The van der Waals surface area contributed by atoms with E-state index in [9.17, 15) is 0 Å². The molecule has 1 fully saturated rings. The average Bonchev–Trinajstić information content (AvgIpc) is 2.98. The smallest absolute Gasteiger partial charge is 0.129 e. The fourth-order valence-corrected chi connectivity index (χ4v) is 3.73. The number of anilines is 1. The maximum Gasteiger partial charge on any atom is 0.129 e. The second kappa shape index (κ2) is 4.99. The number of rotatable bonds is 2. The van der Waals surface area contributed by atoms with Crippen molar-refractivity contribution in [2.75, 3.05) is 18.9 Å². The van der Waals surface area contributed by atoms with Crippen LogP contribution in [0.5, 0.6) is 0 Å². The van der Waals surface area contributed by atoms with Gasteiger partial charge < -0.3 is 20.9 Å². The van der Waals surface area contributed by atoms with Crippen LogP contribution in [0, 0.1) is 0 Å². The third-order valence-electron chi connectivity index (χ3n) is 2.74. The van der Waals surface area contributed by atoms with Gasteiger partial charge in [0.2, 0.25) is 0 Å². The first kappa shape index (κ1) is 12.1. The van der Waals surface area contributed by atoms with Crippen LogP contribution < -0.4 is 11.5 Å². The molecule has 2 atom stereocenters. The Bertz CT molecular complexity index is 530. The van der Waals surface area contributed by atoms with Gasteiger partial charge in [0.25, 0.3) is 0 Å². The minimum Gasteiger partial charge on any atom is -0.391 e. The van der Waals surface area contributed by atoms with Crippen molar-refractivity contribution in [3.63, 3.8) is 0 Å². The molecule has 3 rings (SSSR count). The molecule has 0 saturated carbocycles. The second-order valence-corrected chi connectivity index (χ2v) is 6.33. The summed E-state index contributed by atoms with van der Waals surface area (Å²) in [5.41, 5.74) is 11.4. The van der Waals surface area contributed by atoms with Gasteiger partial charge in [0.05, 0.1) is 18.2 Å². The van der Waals surface area contributed by atoms with Crippen molar-refractivity contribution in [2.45, 2.75) is 12.3 Å². The molecule has 1 aliphatic heterocycles. The minimum absolute atomic E-state index is 0.000796. The van der Waals surface area contributed by atoms with Crippen molar-refractivity contribution in [2.24, 2.45) is 5.73 Å². The maximum atomic E-state index is 5.75. The lowest BCUT2D eigenvalue weighted by Gasteiger charge is -2.26. The van der Waals surface area contributed by atoms with Crippen LogP contribution in [0.3, 0.4) is 0 Å². The Morgan fingerprint density at radius 3 is 2.44 bits per heavy atom. The van der Waals surface area contributed by atoms with E-state index in [0.717, 1.165) is 5.00 Å². The zero-order chi connectivity index (χ0) is 12.5. The first-order valence-electron chi connectivity index (χ1n) is 5.66. The van der Waals surface area contributed by atoms with E-state index in [0.29, 0.717) is 13.2 Å². The molecule has 0 bridgehead atoms. The summed E-state index contributed by atoms with van der Waals surface area (Å²) in [6.45, 7) is 0.970. The monoisotopic (exact) mass is 282 g/mol. The third kappa shape index (κ3) is 2.43. The topological polar surface area (TPSA) is 70.5 Å². The van der Waals surface area contributed by atoms with Gasteiger partial charge in [0, 0.05) is 14.6 Å². The Hall–Kier alpha value is -0.920. The molecule has 1 saturated heterocycles. The zero-order valence-corrected chi connectivity index (χ0v) is 11.3. The van der Waals surface area contributed by atoms with Crippen LogP contribution in [-0.2, 0) is 9.47 Å². The zero-order valence-electron chi connectivity index (χ0n) is 9.67. The summed E-state index contributed by atoms with van der Waals surface area (Å²) in [6, 6.07) is 8.16. The van der Waals surface area contributed by atoms with Crippen molar-refractivity contribution < 1.29 is 9.47 Å². The van der Waals surface area contributed by atoms with E-state index in [2.05, 4.69) is 12.1 Å². The van der Waals surface area contributed by atoms with Crippen LogP contribution in [0.25, 0.3) is 9.75 Å². The molecule has 0 aromatic carbocycles. The van der Waals surface area contributed by atoms with Gasteiger partial charge in [-0.2, -0.15) is 0 Å². The molecule has 0 amide bonds. The molecule has 96 valence electrons. The Morgan fingerprint density at radius 1 is 1.00 bits per heavy atom. The standard InChI is InChI=1S/C12H14N2O2S2/c13-11-6-15-7(5-16-11)8-1-2-9(17-8)10-3-4-12(14)18-10/h1-4,7,11H,5-6,13-14H2. The van der Waals surface area contributed by atoms with E-state index in [4.69, 9.17) is 20.9 Å². The van der Waals surface area contributed by atoms with Gasteiger partial charge in [-0.25, -0.2) is 0 Å². The molecule has 4 N–H and O–H groups in total. The minimum atomic E-state index is -0.294. The maximum absolute atomic E-state index is 5.75. The van der Waals surface area contributed by atoms with Gasteiger partial charge in [-0.15, -0.1) is 22.7 Å². The summed E-state index contributed by atoms with van der Waals surface area (Å²) in [6.07, 6.45) is -0.293. The second-order valence-electron chi connectivity index (χ2n) is 4.10. The average molecular weight is 282 g/mol. The molecule has 18 heavy (non-hydrogen) atoms. The van der Waals surface area contributed by atoms with Crippen molar-refractivity contribution in [3.8, 4) is 9.75 Å². The van der Waals surface area contributed by atoms with Gasteiger partial charge in [-0.05, 0) is 24.3 Å². The van der Waals surface area contributed by atoms with Crippen molar-refractivity contribution in [1.29, 1.82) is 0 Å². The van der Waals surface area contributed by atoms with E-state index in [1.54, 1.807) is 22.7 Å². The molecule has 2 aromatic heterocycles. The fourth-order valence-electron chi connectivity index (χ4n) is 1.83. The predicted octanol–water partition coefficient (Wildman–Crippen LogP) is 2.43.